The van der Waals surface area contributed by atoms with Crippen molar-refractivity contribution in [2.75, 3.05) is 0 Å². The lowest BCUT2D eigenvalue weighted by molar-refractivity contribution is -0.127. The molecule has 1 fully saturated rings. The van der Waals surface area contributed by atoms with Crippen LogP contribution in [0.4, 0.5) is 13.2 Å². The van der Waals surface area contributed by atoms with Crippen LogP contribution in [0.5, 0.6) is 0 Å². The Morgan fingerprint density at radius 1 is 1.15 bits per heavy atom. The van der Waals surface area contributed by atoms with Gasteiger partial charge in [0.15, 0.2) is 0 Å². The SMILES string of the molecule is O=[S+]C([C]1CCCCC1)C(F)(F)F. The molecule has 1 atom stereocenters. The molecule has 1 unspecified atom stereocenters. The van der Waals surface area contributed by atoms with Crippen molar-refractivity contribution in [2.45, 2.75) is 43.5 Å². The maximum atomic E-state index is 12.3. The standard InChI is InChI=1S/C8H11F3OS/c9-8(10,11)7(13-12)6-4-2-1-3-5-6/h7H,1-5H2/q+1. The maximum Gasteiger partial charge on any atom is 0.472 e. The Bertz CT molecular complexity index is 175. The van der Waals surface area contributed by atoms with Gasteiger partial charge < -0.3 is 0 Å². The third-order valence-electron chi connectivity index (χ3n) is 2.26. The second-order valence-corrected chi connectivity index (χ2v) is 3.90. The summed E-state index contributed by atoms with van der Waals surface area (Å²) in [6.45, 7) is 0. The molecule has 1 saturated carbocycles. The molecule has 0 aliphatic heterocycles. The summed E-state index contributed by atoms with van der Waals surface area (Å²) in [6, 6.07) is 0. The summed E-state index contributed by atoms with van der Waals surface area (Å²) < 4.78 is 47.1. The first-order valence-electron chi connectivity index (χ1n) is 4.25. The first-order valence-corrected chi connectivity index (χ1v) is 5.06. The average Bonchev–Trinajstić information content (AvgIpc) is 2.05. The molecular weight excluding hydrogens is 201 g/mol. The smallest absolute Gasteiger partial charge is 0.165 e. The van der Waals surface area contributed by atoms with Crippen molar-refractivity contribution in [3.8, 4) is 0 Å². The molecule has 0 aromatic rings. The van der Waals surface area contributed by atoms with E-state index in [1.54, 1.807) is 0 Å². The molecule has 0 aromatic carbocycles. The van der Waals surface area contributed by atoms with E-state index in [2.05, 4.69) is 0 Å². The van der Waals surface area contributed by atoms with Gasteiger partial charge in [-0.1, -0.05) is 19.3 Å². The first-order chi connectivity index (χ1) is 6.05. The molecule has 0 N–H and O–H groups in total. The summed E-state index contributed by atoms with van der Waals surface area (Å²) in [7, 11) is 0. The van der Waals surface area contributed by atoms with Crippen LogP contribution >= 0.6 is 0 Å². The Balaban J connectivity index is 2.59. The van der Waals surface area contributed by atoms with Crippen LogP contribution in [0.3, 0.4) is 0 Å². The molecule has 1 aliphatic carbocycles. The Labute approximate surface area is 79.2 Å². The zero-order valence-electron chi connectivity index (χ0n) is 7.06. The molecule has 0 aromatic heterocycles. The van der Waals surface area contributed by atoms with Gasteiger partial charge in [-0.3, -0.25) is 0 Å². The summed E-state index contributed by atoms with van der Waals surface area (Å²) >= 11 is -0.329. The molecule has 1 nitrogen and oxygen atoms in total. The van der Waals surface area contributed by atoms with Gasteiger partial charge in [0.1, 0.15) is 0 Å². The molecule has 1 rings (SSSR count). The van der Waals surface area contributed by atoms with Gasteiger partial charge in [0, 0.05) is 4.21 Å². The molecule has 1 aliphatic rings. The lowest BCUT2D eigenvalue weighted by Crippen LogP contribution is -2.35. The number of hydrogen-bond acceptors (Lipinski definition) is 1. The van der Waals surface area contributed by atoms with E-state index in [9.17, 15) is 17.4 Å². The number of alkyl halides is 3. The highest BCUT2D eigenvalue weighted by molar-refractivity contribution is 7.66. The summed E-state index contributed by atoms with van der Waals surface area (Å²) in [5, 5.41) is -1.77. The van der Waals surface area contributed by atoms with Gasteiger partial charge in [-0.05, 0) is 12.8 Å². The number of rotatable bonds is 2. The van der Waals surface area contributed by atoms with Gasteiger partial charge in [0.25, 0.3) is 0 Å². The Morgan fingerprint density at radius 3 is 2.08 bits per heavy atom. The topological polar surface area (TPSA) is 17.1 Å². The predicted molar refractivity (Wildman–Crippen MR) is 44.2 cm³/mol. The highest BCUT2D eigenvalue weighted by atomic mass is 32.1. The molecule has 0 bridgehead atoms. The van der Waals surface area contributed by atoms with Gasteiger partial charge in [0.05, 0.1) is 5.92 Å². The summed E-state index contributed by atoms with van der Waals surface area (Å²) in [6.07, 6.45) is -0.847. The van der Waals surface area contributed by atoms with Crippen molar-refractivity contribution in [3.63, 3.8) is 0 Å². The lowest BCUT2D eigenvalue weighted by atomic mass is 9.86. The summed E-state index contributed by atoms with van der Waals surface area (Å²) in [4.78, 5) is 0. The molecular formula is C8H11F3OS+. The van der Waals surface area contributed by atoms with Gasteiger partial charge in [-0.15, -0.1) is 0 Å². The highest BCUT2D eigenvalue weighted by Gasteiger charge is 2.55. The maximum absolute atomic E-state index is 12.3. The van der Waals surface area contributed by atoms with Crippen LogP contribution < -0.4 is 0 Å². The molecule has 5 heteroatoms. The Kier molecular flexibility index (Phi) is 3.64. The zero-order chi connectivity index (χ0) is 9.90. The normalized spacial score (nSPS) is 22.7. The van der Waals surface area contributed by atoms with Gasteiger partial charge in [-0.25, -0.2) is 0 Å². The van der Waals surface area contributed by atoms with E-state index in [-0.39, 0.29) is 11.7 Å². The fraction of sp³-hybridized carbons (Fsp3) is 0.875. The minimum absolute atomic E-state index is 0.329. The van der Waals surface area contributed by atoms with Crippen LogP contribution in [0.15, 0.2) is 0 Å². The minimum atomic E-state index is -4.36. The van der Waals surface area contributed by atoms with Crippen molar-refractivity contribution in [3.05, 3.63) is 5.92 Å². The second-order valence-electron chi connectivity index (χ2n) is 3.24. The number of hydrogen-bond donors (Lipinski definition) is 0. The fourth-order valence-corrected chi connectivity index (χ4v) is 2.10. The monoisotopic (exact) mass is 212 g/mol. The Morgan fingerprint density at radius 2 is 1.69 bits per heavy atom. The molecule has 1 radical (unpaired) electrons. The lowest BCUT2D eigenvalue weighted by Gasteiger charge is -2.20. The molecule has 0 saturated heterocycles. The van der Waals surface area contributed by atoms with E-state index in [4.69, 9.17) is 0 Å². The van der Waals surface area contributed by atoms with E-state index >= 15 is 0 Å². The van der Waals surface area contributed by atoms with E-state index in [0.717, 1.165) is 19.3 Å². The summed E-state index contributed by atoms with van der Waals surface area (Å²) in [5.74, 6) is 0.388. The van der Waals surface area contributed by atoms with Crippen LogP contribution in [0.1, 0.15) is 32.1 Å². The fourth-order valence-electron chi connectivity index (χ4n) is 1.62. The van der Waals surface area contributed by atoms with E-state index in [0.29, 0.717) is 18.8 Å². The summed E-state index contributed by atoms with van der Waals surface area (Å²) in [5.41, 5.74) is 0. The van der Waals surface area contributed by atoms with Crippen LogP contribution in [0, 0.1) is 5.92 Å². The van der Waals surface area contributed by atoms with Gasteiger partial charge in [0.2, 0.25) is 0 Å². The number of halogens is 3. The van der Waals surface area contributed by atoms with Crippen molar-refractivity contribution in [2.24, 2.45) is 0 Å². The molecule has 0 amide bonds. The molecule has 0 spiro atoms. The van der Waals surface area contributed by atoms with Crippen LogP contribution in [-0.2, 0) is 15.9 Å². The van der Waals surface area contributed by atoms with Crippen LogP contribution in [0.2, 0.25) is 0 Å². The van der Waals surface area contributed by atoms with Crippen LogP contribution in [-0.4, -0.2) is 11.4 Å². The van der Waals surface area contributed by atoms with Crippen molar-refractivity contribution in [1.29, 1.82) is 0 Å². The van der Waals surface area contributed by atoms with Gasteiger partial charge in [-0.2, -0.15) is 13.2 Å². The van der Waals surface area contributed by atoms with E-state index in [1.165, 1.54) is 0 Å². The Hall–Kier alpha value is -0.190. The van der Waals surface area contributed by atoms with E-state index in [1.807, 2.05) is 0 Å². The van der Waals surface area contributed by atoms with Gasteiger partial charge >= 0.3 is 23.1 Å². The first kappa shape index (κ1) is 10.9. The minimum Gasteiger partial charge on any atom is -0.165 e. The third kappa shape index (κ3) is 2.90. The van der Waals surface area contributed by atoms with Crippen LogP contribution in [0.25, 0.3) is 0 Å². The molecule has 13 heavy (non-hydrogen) atoms. The second kappa shape index (κ2) is 4.35. The highest BCUT2D eigenvalue weighted by Crippen LogP contribution is 2.37. The largest absolute Gasteiger partial charge is 0.472 e. The van der Waals surface area contributed by atoms with Crippen molar-refractivity contribution in [1.82, 2.24) is 0 Å². The molecule has 0 heterocycles. The van der Waals surface area contributed by atoms with Crippen molar-refractivity contribution >= 4 is 11.7 Å². The zero-order valence-corrected chi connectivity index (χ0v) is 7.88. The average molecular weight is 212 g/mol. The van der Waals surface area contributed by atoms with E-state index < -0.39 is 11.4 Å². The van der Waals surface area contributed by atoms with Crippen molar-refractivity contribution < 1.29 is 17.4 Å². The quantitative estimate of drug-likeness (QED) is 0.643. The predicted octanol–water partition coefficient (Wildman–Crippen LogP) is 2.88. The molecule has 75 valence electrons. The third-order valence-corrected chi connectivity index (χ3v) is 3.05.